The Kier molecular flexibility index (Phi) is 9.49. The standard InChI is InChI=1S/C29H39N/c1-2-3-7-24-15-19-28(20-16-24)29-21-17-27(18-22-29)14-13-26-11-9-25(10-12-26)8-5-4-6-23-30/h4-6,8,13-16,19-20,25-27,29H,2-3,7,9-12,17-18,21-22H2,1H3. The summed E-state index contributed by atoms with van der Waals surface area (Å²) < 4.78 is 0. The van der Waals surface area contributed by atoms with Gasteiger partial charge in [0.15, 0.2) is 0 Å². The summed E-state index contributed by atoms with van der Waals surface area (Å²) in [5.74, 6) is 3.03. The van der Waals surface area contributed by atoms with Crippen LogP contribution < -0.4 is 0 Å². The van der Waals surface area contributed by atoms with Gasteiger partial charge in [-0.2, -0.15) is 5.26 Å². The number of hydrogen-bond acceptors (Lipinski definition) is 1. The summed E-state index contributed by atoms with van der Waals surface area (Å²) >= 11 is 0. The van der Waals surface area contributed by atoms with Crippen molar-refractivity contribution in [3.05, 3.63) is 71.8 Å². The Morgan fingerprint density at radius 1 is 0.800 bits per heavy atom. The number of nitrogens with zero attached hydrogens (tertiary/aromatic N) is 1. The molecule has 0 unspecified atom stereocenters. The number of hydrogen-bond donors (Lipinski definition) is 0. The van der Waals surface area contributed by atoms with Crippen LogP contribution in [0.3, 0.4) is 0 Å². The van der Waals surface area contributed by atoms with Crippen molar-refractivity contribution in [3.8, 4) is 6.07 Å². The predicted octanol–water partition coefficient (Wildman–Crippen LogP) is 8.30. The van der Waals surface area contributed by atoms with Gasteiger partial charge in [-0.05, 0) is 99.0 Å². The highest BCUT2D eigenvalue weighted by Crippen LogP contribution is 2.37. The van der Waals surface area contributed by atoms with Crippen molar-refractivity contribution in [2.75, 3.05) is 0 Å². The third-order valence-electron chi connectivity index (χ3n) is 7.18. The maximum absolute atomic E-state index is 8.53. The first-order chi connectivity index (χ1) is 14.8. The molecule has 1 aromatic rings. The molecule has 0 saturated heterocycles. The summed E-state index contributed by atoms with van der Waals surface area (Å²) in [5.41, 5.74) is 3.06. The quantitative estimate of drug-likeness (QED) is 0.244. The molecule has 2 aliphatic rings. The molecule has 30 heavy (non-hydrogen) atoms. The minimum atomic E-state index is 0.696. The molecule has 0 spiro atoms. The third-order valence-corrected chi connectivity index (χ3v) is 7.18. The fourth-order valence-corrected chi connectivity index (χ4v) is 5.15. The molecule has 2 aliphatic carbocycles. The number of benzene rings is 1. The van der Waals surface area contributed by atoms with Crippen LogP contribution in [-0.2, 0) is 6.42 Å². The van der Waals surface area contributed by atoms with E-state index >= 15 is 0 Å². The highest BCUT2D eigenvalue weighted by molar-refractivity contribution is 5.26. The van der Waals surface area contributed by atoms with Crippen molar-refractivity contribution in [2.45, 2.75) is 83.5 Å². The molecule has 0 N–H and O–H groups in total. The van der Waals surface area contributed by atoms with Gasteiger partial charge in [0, 0.05) is 6.08 Å². The van der Waals surface area contributed by atoms with E-state index in [1.807, 2.05) is 18.2 Å². The van der Waals surface area contributed by atoms with E-state index in [-0.39, 0.29) is 0 Å². The zero-order valence-electron chi connectivity index (χ0n) is 18.8. The van der Waals surface area contributed by atoms with Gasteiger partial charge in [0.25, 0.3) is 0 Å². The lowest BCUT2D eigenvalue weighted by molar-refractivity contribution is 0.348. The molecular formula is C29H39N. The smallest absolute Gasteiger partial charge is 0.0912 e. The number of aryl methyl sites for hydroxylation is 1. The van der Waals surface area contributed by atoms with Crippen LogP contribution in [-0.4, -0.2) is 0 Å². The fraction of sp³-hybridized carbons (Fsp3) is 0.552. The zero-order valence-corrected chi connectivity index (χ0v) is 18.8. The Bertz CT molecular complexity index is 730. The second-order valence-electron chi connectivity index (χ2n) is 9.39. The fourth-order valence-electron chi connectivity index (χ4n) is 5.15. The van der Waals surface area contributed by atoms with Gasteiger partial charge in [-0.1, -0.05) is 68.0 Å². The number of allylic oxidation sites excluding steroid dienone is 6. The summed E-state index contributed by atoms with van der Waals surface area (Å²) in [6.07, 6.45) is 27.2. The minimum absolute atomic E-state index is 0.696. The molecule has 160 valence electrons. The molecule has 0 atom stereocenters. The first-order valence-electron chi connectivity index (χ1n) is 12.3. The first kappa shape index (κ1) is 22.6. The van der Waals surface area contributed by atoms with E-state index in [2.05, 4.69) is 49.4 Å². The lowest BCUT2D eigenvalue weighted by atomic mass is 9.77. The van der Waals surface area contributed by atoms with E-state index in [0.29, 0.717) is 5.92 Å². The van der Waals surface area contributed by atoms with Crippen LogP contribution in [0, 0.1) is 29.1 Å². The summed E-state index contributed by atoms with van der Waals surface area (Å²) in [4.78, 5) is 0. The SMILES string of the molecule is CCCCc1ccc(C2CCC(C=CC3CCC(C=CC=CC#N)CC3)CC2)cc1. The number of unbranched alkanes of at least 4 members (excludes halogenated alkanes) is 1. The lowest BCUT2D eigenvalue weighted by Crippen LogP contribution is -2.14. The van der Waals surface area contributed by atoms with Gasteiger partial charge in [-0.15, -0.1) is 0 Å². The predicted molar refractivity (Wildman–Crippen MR) is 128 cm³/mol. The van der Waals surface area contributed by atoms with Crippen LogP contribution in [0.15, 0.2) is 60.7 Å². The van der Waals surface area contributed by atoms with Crippen LogP contribution in [0.25, 0.3) is 0 Å². The largest absolute Gasteiger partial charge is 0.193 e. The van der Waals surface area contributed by atoms with Gasteiger partial charge in [0.05, 0.1) is 6.07 Å². The van der Waals surface area contributed by atoms with Crippen molar-refractivity contribution in [2.24, 2.45) is 17.8 Å². The second-order valence-corrected chi connectivity index (χ2v) is 9.39. The van der Waals surface area contributed by atoms with Gasteiger partial charge in [0.1, 0.15) is 0 Å². The molecule has 0 aromatic heterocycles. The Labute approximate surface area is 184 Å². The summed E-state index contributed by atoms with van der Waals surface area (Å²) in [5, 5.41) is 8.53. The molecule has 3 rings (SSSR count). The van der Waals surface area contributed by atoms with Crippen LogP contribution in [0.1, 0.15) is 88.2 Å². The second kappa shape index (κ2) is 12.6. The van der Waals surface area contributed by atoms with Gasteiger partial charge in [-0.25, -0.2) is 0 Å². The molecular weight excluding hydrogens is 362 g/mol. The Balaban J connectivity index is 1.38. The van der Waals surface area contributed by atoms with Crippen LogP contribution in [0.4, 0.5) is 0 Å². The first-order valence-corrected chi connectivity index (χ1v) is 12.3. The van der Waals surface area contributed by atoms with E-state index < -0.39 is 0 Å². The number of rotatable bonds is 8. The van der Waals surface area contributed by atoms with Crippen molar-refractivity contribution in [1.29, 1.82) is 5.26 Å². The molecule has 0 radical (unpaired) electrons. The van der Waals surface area contributed by atoms with E-state index in [4.69, 9.17) is 5.26 Å². The van der Waals surface area contributed by atoms with Gasteiger partial charge >= 0.3 is 0 Å². The maximum atomic E-state index is 8.53. The van der Waals surface area contributed by atoms with E-state index in [1.165, 1.54) is 76.2 Å². The summed E-state index contributed by atoms with van der Waals surface area (Å²) in [6.45, 7) is 2.27. The minimum Gasteiger partial charge on any atom is -0.193 e. The van der Waals surface area contributed by atoms with Crippen LogP contribution in [0.2, 0.25) is 0 Å². The maximum Gasteiger partial charge on any atom is 0.0912 e. The van der Waals surface area contributed by atoms with Crippen molar-refractivity contribution < 1.29 is 0 Å². The summed E-state index contributed by atoms with van der Waals surface area (Å²) in [7, 11) is 0. The zero-order chi connectivity index (χ0) is 21.0. The van der Waals surface area contributed by atoms with E-state index in [9.17, 15) is 0 Å². The molecule has 0 amide bonds. The lowest BCUT2D eigenvalue weighted by Gasteiger charge is -2.28. The molecule has 2 fully saturated rings. The average molecular weight is 402 g/mol. The molecule has 1 heteroatoms. The summed E-state index contributed by atoms with van der Waals surface area (Å²) in [6, 6.07) is 11.6. The topological polar surface area (TPSA) is 23.8 Å². The van der Waals surface area contributed by atoms with E-state index in [1.54, 1.807) is 11.6 Å². The molecule has 2 saturated carbocycles. The van der Waals surface area contributed by atoms with Gasteiger partial charge in [0.2, 0.25) is 0 Å². The van der Waals surface area contributed by atoms with Crippen molar-refractivity contribution >= 4 is 0 Å². The monoisotopic (exact) mass is 401 g/mol. The third kappa shape index (κ3) is 7.32. The molecule has 0 heterocycles. The Hall–Kier alpha value is -2.07. The van der Waals surface area contributed by atoms with Crippen LogP contribution >= 0.6 is 0 Å². The van der Waals surface area contributed by atoms with E-state index in [0.717, 1.165) is 17.8 Å². The Morgan fingerprint density at radius 2 is 1.37 bits per heavy atom. The average Bonchev–Trinajstić information content (AvgIpc) is 2.81. The molecule has 0 bridgehead atoms. The van der Waals surface area contributed by atoms with Crippen molar-refractivity contribution in [1.82, 2.24) is 0 Å². The Morgan fingerprint density at radius 3 is 1.93 bits per heavy atom. The number of nitriles is 1. The van der Waals surface area contributed by atoms with Crippen LogP contribution in [0.5, 0.6) is 0 Å². The highest BCUT2D eigenvalue weighted by atomic mass is 14.3. The van der Waals surface area contributed by atoms with Crippen molar-refractivity contribution in [3.63, 3.8) is 0 Å². The molecule has 0 aliphatic heterocycles. The normalized spacial score (nSPS) is 27.7. The molecule has 1 nitrogen and oxygen atoms in total. The molecule has 1 aromatic carbocycles. The van der Waals surface area contributed by atoms with Gasteiger partial charge in [-0.3, -0.25) is 0 Å². The van der Waals surface area contributed by atoms with Gasteiger partial charge < -0.3 is 0 Å². The highest BCUT2D eigenvalue weighted by Gasteiger charge is 2.22.